The normalized spacial score (nSPS) is 36.8. The number of fused-ring (bicyclic) bond motifs is 1. The zero-order valence-electron chi connectivity index (χ0n) is 36.8. The highest BCUT2D eigenvalue weighted by atomic mass is 16.7. The van der Waals surface area contributed by atoms with E-state index >= 15 is 0 Å². The monoisotopic (exact) mass is 810 g/mol. The molecule has 2 aromatic rings. The number of hydrogen-bond acceptors (Lipinski definition) is 12. The van der Waals surface area contributed by atoms with Gasteiger partial charge >= 0.3 is 0 Å². The minimum absolute atomic E-state index is 0.109. The third-order valence-electron chi connectivity index (χ3n) is 12.7. The van der Waals surface area contributed by atoms with Crippen LogP contribution < -0.4 is 0 Å². The van der Waals surface area contributed by atoms with Gasteiger partial charge in [0.05, 0.1) is 53.3 Å². The summed E-state index contributed by atoms with van der Waals surface area (Å²) in [5.74, 6) is -4.39. The molecule has 1 aromatic heterocycles. The summed E-state index contributed by atoms with van der Waals surface area (Å²) in [4.78, 5) is 41.0. The third kappa shape index (κ3) is 11.4. The molecular formula is C46H71N3O9. The molecule has 12 nitrogen and oxygen atoms in total. The summed E-state index contributed by atoms with van der Waals surface area (Å²) < 4.78 is 20.0. The second-order valence-corrected chi connectivity index (χ2v) is 17.6. The Morgan fingerprint density at radius 2 is 1.76 bits per heavy atom. The molecule has 1 saturated heterocycles. The fourth-order valence-corrected chi connectivity index (χ4v) is 8.91. The number of carbonyl (C=O) groups is 2. The highest BCUT2D eigenvalue weighted by molar-refractivity contribution is 6.03. The SMILES string of the molecule is CCCCO/N=C1\[C@H](C)C[C@](C)(OC/C=C/c2cnc3ccccc3c2)[C@H](O[C@@H]2O[C@H](C)C[C@H](N(C)C)[C@H]2O)[C@@H](C)C(=O)[C@@H](C)C(=O)C[C@@H](CC)[C@@](C)(O)[C@H](O)[C@@H]1C. The maximum absolute atomic E-state index is 14.6. The fraction of sp³-hybridized carbons (Fsp3) is 0.696. The summed E-state index contributed by atoms with van der Waals surface area (Å²) in [6.07, 6.45) is 3.65. The molecule has 3 N–H and O–H groups in total. The smallest absolute Gasteiger partial charge is 0.185 e. The number of rotatable bonds is 12. The van der Waals surface area contributed by atoms with E-state index in [1.807, 2.05) is 96.1 Å². The molecule has 0 radical (unpaired) electrons. The van der Waals surface area contributed by atoms with Crippen LogP contribution in [0.2, 0.25) is 0 Å². The Balaban J connectivity index is 1.85. The first-order valence-corrected chi connectivity index (χ1v) is 21.3. The summed E-state index contributed by atoms with van der Waals surface area (Å²) in [6, 6.07) is 9.66. The number of carbonyl (C=O) groups excluding carboxylic acids is 2. The number of pyridine rings is 1. The van der Waals surface area contributed by atoms with Gasteiger partial charge in [0.2, 0.25) is 0 Å². The van der Waals surface area contributed by atoms with Crippen molar-refractivity contribution < 1.29 is 44.0 Å². The number of ether oxygens (including phenoxy) is 3. The van der Waals surface area contributed by atoms with Gasteiger partial charge in [0.1, 0.15) is 24.3 Å². The van der Waals surface area contributed by atoms with E-state index in [-0.39, 0.29) is 43.2 Å². The van der Waals surface area contributed by atoms with Crippen molar-refractivity contribution in [2.45, 2.75) is 149 Å². The fourth-order valence-electron chi connectivity index (χ4n) is 8.91. The van der Waals surface area contributed by atoms with Crippen molar-refractivity contribution in [1.29, 1.82) is 0 Å². The van der Waals surface area contributed by atoms with Gasteiger partial charge < -0.3 is 39.3 Å². The second kappa shape index (κ2) is 20.9. The van der Waals surface area contributed by atoms with Crippen molar-refractivity contribution in [3.05, 3.63) is 48.2 Å². The van der Waals surface area contributed by atoms with Gasteiger partial charge in [0.25, 0.3) is 0 Å². The van der Waals surface area contributed by atoms with Gasteiger partial charge in [-0.25, -0.2) is 0 Å². The van der Waals surface area contributed by atoms with Crippen molar-refractivity contribution in [3.8, 4) is 0 Å². The number of hydrogen-bond donors (Lipinski definition) is 3. The molecule has 2 heterocycles. The van der Waals surface area contributed by atoms with Gasteiger partial charge in [-0.15, -0.1) is 0 Å². The van der Waals surface area contributed by atoms with Crippen LogP contribution in [-0.2, 0) is 28.6 Å². The molecule has 1 saturated carbocycles. The van der Waals surface area contributed by atoms with E-state index in [1.54, 1.807) is 27.0 Å². The lowest BCUT2D eigenvalue weighted by molar-refractivity contribution is -0.296. The van der Waals surface area contributed by atoms with Crippen molar-refractivity contribution >= 4 is 34.3 Å². The van der Waals surface area contributed by atoms with Gasteiger partial charge in [0.15, 0.2) is 6.29 Å². The first-order chi connectivity index (χ1) is 27.4. The van der Waals surface area contributed by atoms with Gasteiger partial charge in [-0.2, -0.15) is 0 Å². The van der Waals surface area contributed by atoms with Gasteiger partial charge in [-0.05, 0) is 84.7 Å². The van der Waals surface area contributed by atoms with Gasteiger partial charge in [-0.3, -0.25) is 14.6 Å². The highest BCUT2D eigenvalue weighted by Crippen LogP contribution is 2.40. The predicted octanol–water partition coefficient (Wildman–Crippen LogP) is 6.62. The maximum atomic E-state index is 14.6. The Morgan fingerprint density at radius 3 is 2.43 bits per heavy atom. The van der Waals surface area contributed by atoms with Crippen molar-refractivity contribution in [3.63, 3.8) is 0 Å². The van der Waals surface area contributed by atoms with Crippen LogP contribution in [0.15, 0.2) is 47.8 Å². The zero-order chi connectivity index (χ0) is 42.9. The summed E-state index contributed by atoms with van der Waals surface area (Å²) in [5.41, 5.74) is -0.668. The van der Waals surface area contributed by atoms with Crippen LogP contribution in [0.3, 0.4) is 0 Å². The number of oxime groups is 1. The molecule has 0 unspecified atom stereocenters. The molecule has 1 aromatic carbocycles. The van der Waals surface area contributed by atoms with E-state index in [1.165, 1.54) is 0 Å². The summed E-state index contributed by atoms with van der Waals surface area (Å²) >= 11 is 0. The minimum Gasteiger partial charge on any atom is -0.396 e. The number of ketones is 2. The lowest BCUT2D eigenvalue weighted by Gasteiger charge is -2.47. The number of aromatic nitrogens is 1. The molecule has 12 heteroatoms. The molecule has 58 heavy (non-hydrogen) atoms. The highest BCUT2D eigenvalue weighted by Gasteiger charge is 2.51. The topological polar surface area (TPSA) is 160 Å². The first kappa shape index (κ1) is 47.6. The van der Waals surface area contributed by atoms with Crippen molar-refractivity contribution in [1.82, 2.24) is 9.88 Å². The van der Waals surface area contributed by atoms with Crippen LogP contribution in [0.4, 0.5) is 0 Å². The lowest BCUT2D eigenvalue weighted by Crippen LogP contribution is -2.59. The molecule has 4 rings (SSSR count). The summed E-state index contributed by atoms with van der Waals surface area (Å²) in [7, 11) is 3.80. The van der Waals surface area contributed by atoms with Gasteiger partial charge in [0, 0.05) is 41.8 Å². The molecule has 13 atom stereocenters. The Kier molecular flexibility index (Phi) is 17.2. The van der Waals surface area contributed by atoms with Crippen LogP contribution in [0.1, 0.15) is 106 Å². The number of Topliss-reactive ketones (excluding diaryl/α,β-unsaturated/α-hetero) is 2. The first-order valence-electron chi connectivity index (χ1n) is 21.3. The van der Waals surface area contributed by atoms with E-state index in [2.05, 4.69) is 17.1 Å². The number of benzene rings is 1. The van der Waals surface area contributed by atoms with E-state index < -0.39 is 65.4 Å². The van der Waals surface area contributed by atoms with Crippen LogP contribution in [-0.4, -0.2) is 118 Å². The molecule has 0 amide bonds. The molecule has 2 aliphatic rings. The van der Waals surface area contributed by atoms with E-state index in [4.69, 9.17) is 19.0 Å². The summed E-state index contributed by atoms with van der Waals surface area (Å²) in [5, 5.41) is 41.2. The Hall–Kier alpha value is -3.10. The molecule has 1 aliphatic carbocycles. The number of para-hydroxylation sites is 1. The van der Waals surface area contributed by atoms with Crippen LogP contribution >= 0.6 is 0 Å². The predicted molar refractivity (Wildman–Crippen MR) is 227 cm³/mol. The van der Waals surface area contributed by atoms with Crippen molar-refractivity contribution in [2.24, 2.45) is 34.7 Å². The van der Waals surface area contributed by atoms with Crippen LogP contribution in [0.5, 0.6) is 0 Å². The number of unbranched alkanes of at least 4 members (excludes halogenated alkanes) is 1. The number of nitrogens with zero attached hydrogens (tertiary/aromatic N) is 3. The third-order valence-corrected chi connectivity index (χ3v) is 12.7. The van der Waals surface area contributed by atoms with Crippen LogP contribution in [0.25, 0.3) is 17.0 Å². The maximum Gasteiger partial charge on any atom is 0.185 e. The van der Waals surface area contributed by atoms with E-state index in [0.717, 1.165) is 29.3 Å². The average Bonchev–Trinajstić information content (AvgIpc) is 3.19. The summed E-state index contributed by atoms with van der Waals surface area (Å²) in [6.45, 7) is 16.9. The Labute approximate surface area is 346 Å². The van der Waals surface area contributed by atoms with Crippen molar-refractivity contribution in [2.75, 3.05) is 27.3 Å². The van der Waals surface area contributed by atoms with Gasteiger partial charge in [-0.1, -0.05) is 83.0 Å². The molecule has 324 valence electrons. The molecule has 2 fully saturated rings. The lowest BCUT2D eigenvalue weighted by atomic mass is 9.70. The Morgan fingerprint density at radius 1 is 1.05 bits per heavy atom. The minimum atomic E-state index is -1.69. The van der Waals surface area contributed by atoms with E-state index in [9.17, 15) is 24.9 Å². The number of aliphatic hydroxyl groups excluding tert-OH is 2. The average molecular weight is 810 g/mol. The zero-order valence-corrected chi connectivity index (χ0v) is 36.8. The standard InChI is InChI=1S/C46H71N3O9/c1-12-14-22-56-48-39-28(3)26-45(8,55-21-17-18-33-24-34-19-15-16-20-36(34)47-27-33)43(58-44-41(52)37(49(10)11)23-29(4)57-44)32(7)40(51)30(5)38(50)25-35(13-2)46(9,54)42(53)31(39)6/h15-20,24,27-32,35,37,41-44,52-54H,12-14,21-23,25-26H2,1-11H3/b18-17+,48-39+/t28-,29-,30+,31-,32+,35-,37+,41-,42-,43-,44+,45+,46-/m1/s1. The number of aliphatic hydroxyl groups is 3. The molecule has 0 bridgehead atoms. The Bertz CT molecular complexity index is 1710. The quantitative estimate of drug-likeness (QED) is 0.120. The largest absolute Gasteiger partial charge is 0.396 e. The second-order valence-electron chi connectivity index (χ2n) is 17.6. The molecule has 0 spiro atoms. The number of likely N-dealkylation sites (N-methyl/N-ethyl adjacent to an activating group) is 1. The van der Waals surface area contributed by atoms with Crippen LogP contribution in [0, 0.1) is 29.6 Å². The molecular weight excluding hydrogens is 739 g/mol. The molecule has 1 aliphatic heterocycles. The van der Waals surface area contributed by atoms with E-state index in [0.29, 0.717) is 25.2 Å².